The van der Waals surface area contributed by atoms with Crippen LogP contribution in [0.5, 0.6) is 0 Å². The van der Waals surface area contributed by atoms with Crippen LogP contribution < -0.4 is 0 Å². The van der Waals surface area contributed by atoms with E-state index in [4.69, 9.17) is 9.47 Å². The number of hydrogen-bond donors (Lipinski definition) is 0. The summed E-state index contributed by atoms with van der Waals surface area (Å²) in [7, 11) is 0. The second kappa shape index (κ2) is 16.8. The number of ether oxygens (including phenoxy) is 2. The third-order valence-corrected chi connectivity index (χ3v) is 2.91. The lowest BCUT2D eigenvalue weighted by molar-refractivity contribution is -0.139. The molecule has 0 rings (SSSR count). The molecule has 0 N–H and O–H groups in total. The first-order chi connectivity index (χ1) is 10.9. The summed E-state index contributed by atoms with van der Waals surface area (Å²) in [5.74, 6) is -0.549. The molecule has 0 aliphatic heterocycles. The molecule has 0 amide bonds. The molecule has 4 heteroatoms. The first kappa shape index (κ1) is 23.7. The van der Waals surface area contributed by atoms with Gasteiger partial charge >= 0.3 is 11.9 Å². The number of unbranched alkanes of at least 4 members (excludes halogenated alkanes) is 5. The largest absolute Gasteiger partial charge is 0.462 e. The Bertz CT molecular complexity index is 358. The van der Waals surface area contributed by atoms with Crippen LogP contribution in [0.2, 0.25) is 0 Å². The molecule has 0 unspecified atom stereocenters. The Balaban J connectivity index is 0. The molecular weight excluding hydrogens is 292 g/mol. The van der Waals surface area contributed by atoms with E-state index in [2.05, 4.69) is 27.0 Å². The quantitative estimate of drug-likeness (QED) is 0.305. The van der Waals surface area contributed by atoms with Crippen molar-refractivity contribution in [3.63, 3.8) is 0 Å². The minimum atomic E-state index is -0.277. The fraction of sp³-hybridized carbons (Fsp3) is 0.684. The predicted molar refractivity (Wildman–Crippen MR) is 95.2 cm³/mol. The van der Waals surface area contributed by atoms with Gasteiger partial charge in [-0.25, -0.2) is 9.59 Å². The number of carbonyl (C=O) groups excluding carboxylic acids is 2. The van der Waals surface area contributed by atoms with Crippen molar-refractivity contribution in [2.45, 2.75) is 72.6 Å². The monoisotopic (exact) mass is 326 g/mol. The van der Waals surface area contributed by atoms with E-state index in [-0.39, 0.29) is 11.9 Å². The highest BCUT2D eigenvalue weighted by molar-refractivity contribution is 5.87. The van der Waals surface area contributed by atoms with E-state index in [1.54, 1.807) is 13.8 Å². The summed E-state index contributed by atoms with van der Waals surface area (Å²) in [5, 5.41) is 0. The summed E-state index contributed by atoms with van der Waals surface area (Å²) in [6, 6.07) is 0. The topological polar surface area (TPSA) is 52.6 Å². The molecule has 0 aromatic rings. The van der Waals surface area contributed by atoms with Crippen LogP contribution in [0.15, 0.2) is 24.3 Å². The summed E-state index contributed by atoms with van der Waals surface area (Å²) in [6.07, 6.45) is 7.73. The number of esters is 2. The van der Waals surface area contributed by atoms with Crippen LogP contribution in [0.1, 0.15) is 72.6 Å². The maximum atomic E-state index is 10.9. The van der Waals surface area contributed by atoms with Gasteiger partial charge in [-0.05, 0) is 26.7 Å². The number of carbonyl (C=O) groups is 2. The van der Waals surface area contributed by atoms with Gasteiger partial charge in [-0.2, -0.15) is 0 Å². The smallest absolute Gasteiger partial charge is 0.333 e. The normalized spacial score (nSPS) is 9.39. The van der Waals surface area contributed by atoms with Crippen molar-refractivity contribution in [1.29, 1.82) is 0 Å². The van der Waals surface area contributed by atoms with Crippen molar-refractivity contribution in [2.75, 3.05) is 13.2 Å². The maximum absolute atomic E-state index is 10.9. The highest BCUT2D eigenvalue weighted by Crippen LogP contribution is 2.00. The number of hydrogen-bond acceptors (Lipinski definition) is 4. The molecule has 0 radical (unpaired) electrons. The maximum Gasteiger partial charge on any atom is 0.333 e. The highest BCUT2D eigenvalue weighted by Gasteiger charge is 2.01. The van der Waals surface area contributed by atoms with Crippen molar-refractivity contribution >= 4 is 11.9 Å². The zero-order valence-electron chi connectivity index (χ0n) is 15.4. The van der Waals surface area contributed by atoms with Crippen molar-refractivity contribution in [1.82, 2.24) is 0 Å². The van der Waals surface area contributed by atoms with Crippen molar-refractivity contribution in [3.05, 3.63) is 24.3 Å². The van der Waals surface area contributed by atoms with Crippen molar-refractivity contribution in [2.24, 2.45) is 0 Å². The predicted octanol–water partition coefficient (Wildman–Crippen LogP) is 4.98. The van der Waals surface area contributed by atoms with E-state index in [9.17, 15) is 9.59 Å². The van der Waals surface area contributed by atoms with Gasteiger partial charge in [-0.15, -0.1) is 0 Å². The van der Waals surface area contributed by atoms with Crippen molar-refractivity contribution < 1.29 is 19.1 Å². The van der Waals surface area contributed by atoms with Crippen LogP contribution in [0.25, 0.3) is 0 Å². The third-order valence-electron chi connectivity index (χ3n) is 2.91. The molecule has 0 spiro atoms. The lowest BCUT2D eigenvalue weighted by Crippen LogP contribution is -2.05. The Labute approximate surface area is 141 Å². The average molecular weight is 326 g/mol. The Morgan fingerprint density at radius 1 is 0.696 bits per heavy atom. The van der Waals surface area contributed by atoms with E-state index in [1.807, 2.05) is 0 Å². The summed E-state index contributed by atoms with van der Waals surface area (Å²) in [6.45, 7) is 15.6. The van der Waals surface area contributed by atoms with E-state index in [1.165, 1.54) is 12.8 Å². The minimum Gasteiger partial charge on any atom is -0.462 e. The summed E-state index contributed by atoms with van der Waals surface area (Å²) in [4.78, 5) is 21.6. The molecule has 0 aromatic heterocycles. The summed E-state index contributed by atoms with van der Waals surface area (Å²) in [5.41, 5.74) is 0.951. The number of rotatable bonds is 11. The standard InChI is InChI=1S/C10H18O2.C9H16O2/c1-4-5-6-7-8-12-10(11)9(2)3;1-4-5-6-7-11-9(10)8(2)3/h2,4-8H2,1,3H3;2,4-7H2,1,3H3. The fourth-order valence-corrected chi connectivity index (χ4v) is 1.46. The Morgan fingerprint density at radius 3 is 1.39 bits per heavy atom. The van der Waals surface area contributed by atoms with Gasteiger partial charge in [-0.3, -0.25) is 0 Å². The van der Waals surface area contributed by atoms with E-state index >= 15 is 0 Å². The Hall–Kier alpha value is -1.58. The van der Waals surface area contributed by atoms with Crippen LogP contribution in [0.4, 0.5) is 0 Å². The van der Waals surface area contributed by atoms with Crippen LogP contribution in [-0.4, -0.2) is 25.2 Å². The molecule has 0 aromatic carbocycles. The van der Waals surface area contributed by atoms with Crippen LogP contribution in [0, 0.1) is 0 Å². The van der Waals surface area contributed by atoms with Crippen molar-refractivity contribution in [3.8, 4) is 0 Å². The molecule has 0 aliphatic carbocycles. The minimum absolute atomic E-state index is 0.272. The molecule has 0 heterocycles. The third kappa shape index (κ3) is 18.4. The zero-order chi connectivity index (χ0) is 18.1. The first-order valence-electron chi connectivity index (χ1n) is 8.52. The van der Waals surface area contributed by atoms with Gasteiger partial charge in [0.25, 0.3) is 0 Å². The van der Waals surface area contributed by atoms with Gasteiger partial charge in [0, 0.05) is 11.1 Å². The molecule has 0 saturated carbocycles. The Kier molecular flexibility index (Phi) is 17.3. The second-order valence-electron chi connectivity index (χ2n) is 5.60. The molecule has 0 bridgehead atoms. The van der Waals surface area contributed by atoms with Gasteiger partial charge in [0.1, 0.15) is 0 Å². The SMILES string of the molecule is C=C(C)C(=O)OCCCCC.C=C(C)C(=O)OCCCCCC. The van der Waals surface area contributed by atoms with E-state index < -0.39 is 0 Å². The zero-order valence-corrected chi connectivity index (χ0v) is 15.4. The lowest BCUT2D eigenvalue weighted by Gasteiger charge is -2.02. The molecule has 0 aliphatic rings. The lowest BCUT2D eigenvalue weighted by atomic mass is 10.2. The van der Waals surface area contributed by atoms with Crippen LogP contribution >= 0.6 is 0 Å². The van der Waals surface area contributed by atoms with Gasteiger partial charge in [0.2, 0.25) is 0 Å². The van der Waals surface area contributed by atoms with Gasteiger partial charge in [0.05, 0.1) is 13.2 Å². The van der Waals surface area contributed by atoms with Gasteiger partial charge in [0.15, 0.2) is 0 Å². The molecular formula is C19H34O4. The fourth-order valence-electron chi connectivity index (χ4n) is 1.46. The second-order valence-corrected chi connectivity index (χ2v) is 5.60. The molecule has 4 nitrogen and oxygen atoms in total. The average Bonchev–Trinajstić information content (AvgIpc) is 2.51. The van der Waals surface area contributed by atoms with Crippen LogP contribution in [-0.2, 0) is 19.1 Å². The summed E-state index contributed by atoms with van der Waals surface area (Å²) < 4.78 is 9.78. The first-order valence-corrected chi connectivity index (χ1v) is 8.52. The van der Waals surface area contributed by atoms with Gasteiger partial charge in [-0.1, -0.05) is 59.1 Å². The van der Waals surface area contributed by atoms with E-state index in [0.717, 1.165) is 32.1 Å². The highest BCUT2D eigenvalue weighted by atomic mass is 16.5. The van der Waals surface area contributed by atoms with Crippen LogP contribution in [0.3, 0.4) is 0 Å². The van der Waals surface area contributed by atoms with Gasteiger partial charge < -0.3 is 9.47 Å². The Morgan fingerprint density at radius 2 is 1.04 bits per heavy atom. The molecule has 0 saturated heterocycles. The molecule has 0 fully saturated rings. The molecule has 134 valence electrons. The molecule has 0 atom stereocenters. The van der Waals surface area contributed by atoms with E-state index in [0.29, 0.717) is 24.4 Å². The summed E-state index contributed by atoms with van der Waals surface area (Å²) >= 11 is 0. The molecule has 23 heavy (non-hydrogen) atoms.